The van der Waals surface area contributed by atoms with Crippen LogP contribution in [-0.2, 0) is 4.74 Å². The van der Waals surface area contributed by atoms with Gasteiger partial charge in [0.15, 0.2) is 4.96 Å². The topological polar surface area (TPSA) is 60.7 Å². The molecular formula is C18H13ClN2O3S2. The third kappa shape index (κ3) is 2.72. The molecule has 132 valence electrons. The summed E-state index contributed by atoms with van der Waals surface area (Å²) >= 11 is 8.50. The van der Waals surface area contributed by atoms with E-state index in [-0.39, 0.29) is 12.2 Å². The standard InChI is InChI=1S/C18H13ClN2O3S2/c1-3-24-17(23)14-9(2)21-16(22)15-12(20-18(21)26-14)8-13(25-15)10-4-6-11(19)7-5-10/h4-8H,3H2,1-2H3. The third-order valence-electron chi connectivity index (χ3n) is 3.96. The van der Waals surface area contributed by atoms with Gasteiger partial charge in [-0.15, -0.1) is 11.3 Å². The lowest BCUT2D eigenvalue weighted by molar-refractivity contribution is 0.0531. The van der Waals surface area contributed by atoms with Crippen LogP contribution in [0.3, 0.4) is 0 Å². The molecule has 0 amide bonds. The summed E-state index contributed by atoms with van der Waals surface area (Å²) in [4.78, 5) is 31.5. The molecule has 8 heteroatoms. The number of carbonyl (C=O) groups excluding carboxylic acids is 1. The summed E-state index contributed by atoms with van der Waals surface area (Å²) in [7, 11) is 0. The number of halogens is 1. The fraction of sp³-hybridized carbons (Fsp3) is 0.167. The second kappa shape index (κ2) is 6.50. The van der Waals surface area contributed by atoms with Crippen LogP contribution < -0.4 is 5.56 Å². The normalized spacial score (nSPS) is 11.3. The van der Waals surface area contributed by atoms with Crippen molar-refractivity contribution in [3.8, 4) is 10.4 Å². The molecule has 0 saturated carbocycles. The fourth-order valence-electron chi connectivity index (χ4n) is 2.73. The van der Waals surface area contributed by atoms with E-state index in [1.54, 1.807) is 13.8 Å². The molecule has 0 spiro atoms. The summed E-state index contributed by atoms with van der Waals surface area (Å²) in [5.41, 5.74) is 2.00. The highest BCUT2D eigenvalue weighted by atomic mass is 35.5. The third-order valence-corrected chi connectivity index (χ3v) is 6.50. The van der Waals surface area contributed by atoms with Crippen LogP contribution in [0, 0.1) is 6.92 Å². The van der Waals surface area contributed by atoms with Crippen LogP contribution in [-0.4, -0.2) is 22.0 Å². The number of aromatic nitrogens is 2. The largest absolute Gasteiger partial charge is 0.462 e. The Morgan fingerprint density at radius 3 is 2.69 bits per heavy atom. The molecule has 4 aromatic rings. The van der Waals surface area contributed by atoms with Crippen molar-refractivity contribution in [3.63, 3.8) is 0 Å². The summed E-state index contributed by atoms with van der Waals surface area (Å²) in [6.07, 6.45) is 0. The summed E-state index contributed by atoms with van der Waals surface area (Å²) in [6.45, 7) is 3.77. The Hall–Kier alpha value is -2.22. The summed E-state index contributed by atoms with van der Waals surface area (Å²) in [5.74, 6) is -0.426. The minimum absolute atomic E-state index is 0.167. The van der Waals surface area contributed by atoms with Gasteiger partial charge in [0.05, 0.1) is 17.8 Å². The van der Waals surface area contributed by atoms with Gasteiger partial charge in [-0.25, -0.2) is 9.78 Å². The van der Waals surface area contributed by atoms with Gasteiger partial charge in [0.25, 0.3) is 5.56 Å². The number of thiazole rings is 1. The van der Waals surface area contributed by atoms with Gasteiger partial charge >= 0.3 is 5.97 Å². The molecule has 26 heavy (non-hydrogen) atoms. The van der Waals surface area contributed by atoms with Gasteiger partial charge in [-0.1, -0.05) is 35.1 Å². The van der Waals surface area contributed by atoms with E-state index in [9.17, 15) is 9.59 Å². The van der Waals surface area contributed by atoms with Gasteiger partial charge < -0.3 is 4.74 Å². The average molecular weight is 405 g/mol. The first-order valence-electron chi connectivity index (χ1n) is 7.88. The fourth-order valence-corrected chi connectivity index (χ4v) is 4.91. The number of rotatable bonds is 3. The van der Waals surface area contributed by atoms with Gasteiger partial charge in [0.1, 0.15) is 9.58 Å². The number of fused-ring (bicyclic) bond motifs is 2. The van der Waals surface area contributed by atoms with Crippen molar-refractivity contribution in [2.24, 2.45) is 0 Å². The maximum Gasteiger partial charge on any atom is 0.350 e. The molecule has 0 fully saturated rings. The van der Waals surface area contributed by atoms with Crippen LogP contribution in [0.5, 0.6) is 0 Å². The SMILES string of the molecule is CCOC(=O)c1sc2nc3cc(-c4ccc(Cl)cc4)sc3c(=O)n2c1C. The highest BCUT2D eigenvalue weighted by Gasteiger charge is 2.21. The van der Waals surface area contributed by atoms with Gasteiger partial charge in [0, 0.05) is 9.90 Å². The Morgan fingerprint density at radius 1 is 1.27 bits per heavy atom. The highest BCUT2D eigenvalue weighted by Crippen LogP contribution is 2.33. The first-order chi connectivity index (χ1) is 12.5. The minimum Gasteiger partial charge on any atom is -0.462 e. The molecule has 3 heterocycles. The Balaban J connectivity index is 1.91. The zero-order valence-corrected chi connectivity index (χ0v) is 16.3. The zero-order valence-electron chi connectivity index (χ0n) is 13.9. The Morgan fingerprint density at radius 2 is 2.00 bits per heavy atom. The van der Waals surface area contributed by atoms with Crippen LogP contribution in [0.4, 0.5) is 0 Å². The number of aryl methyl sites for hydroxylation is 1. The number of carbonyl (C=O) groups is 1. The van der Waals surface area contributed by atoms with Crippen LogP contribution in [0.2, 0.25) is 5.02 Å². The summed E-state index contributed by atoms with van der Waals surface area (Å²) in [6, 6.07) is 9.35. The summed E-state index contributed by atoms with van der Waals surface area (Å²) in [5, 5.41) is 0.663. The van der Waals surface area contributed by atoms with E-state index in [4.69, 9.17) is 16.3 Å². The van der Waals surface area contributed by atoms with Gasteiger partial charge in [0.2, 0.25) is 0 Å². The van der Waals surface area contributed by atoms with Gasteiger partial charge in [-0.05, 0) is 37.6 Å². The Kier molecular flexibility index (Phi) is 4.30. The van der Waals surface area contributed by atoms with Crippen LogP contribution in [0.1, 0.15) is 22.3 Å². The highest BCUT2D eigenvalue weighted by molar-refractivity contribution is 7.22. The molecule has 5 nitrogen and oxygen atoms in total. The molecule has 4 rings (SSSR count). The maximum atomic E-state index is 13.0. The van der Waals surface area contributed by atoms with Crippen molar-refractivity contribution in [1.29, 1.82) is 0 Å². The van der Waals surface area contributed by atoms with E-state index in [1.807, 2.05) is 30.3 Å². The predicted molar refractivity (Wildman–Crippen MR) is 106 cm³/mol. The number of benzene rings is 1. The van der Waals surface area contributed by atoms with E-state index in [0.717, 1.165) is 10.4 Å². The summed E-state index contributed by atoms with van der Waals surface area (Å²) < 4.78 is 7.11. The Bertz CT molecular complexity index is 1210. The maximum absolute atomic E-state index is 13.0. The molecule has 1 aromatic carbocycles. The number of esters is 1. The van der Waals surface area contributed by atoms with Crippen molar-refractivity contribution in [1.82, 2.24) is 9.38 Å². The van der Waals surface area contributed by atoms with Crippen LogP contribution in [0.25, 0.3) is 25.6 Å². The average Bonchev–Trinajstić information content (AvgIpc) is 3.18. The smallest absolute Gasteiger partial charge is 0.350 e. The van der Waals surface area contributed by atoms with E-state index < -0.39 is 5.97 Å². The lowest BCUT2D eigenvalue weighted by Crippen LogP contribution is -2.14. The van der Waals surface area contributed by atoms with Crippen molar-refractivity contribution in [2.45, 2.75) is 13.8 Å². The van der Waals surface area contributed by atoms with Crippen molar-refractivity contribution >= 4 is 55.4 Å². The number of hydrogen-bond acceptors (Lipinski definition) is 6. The van der Waals surface area contributed by atoms with Crippen molar-refractivity contribution in [3.05, 3.63) is 56.3 Å². The van der Waals surface area contributed by atoms with Crippen LogP contribution >= 0.6 is 34.3 Å². The van der Waals surface area contributed by atoms with Crippen molar-refractivity contribution in [2.75, 3.05) is 6.61 Å². The quantitative estimate of drug-likeness (QED) is 0.461. The van der Waals surface area contributed by atoms with E-state index >= 15 is 0 Å². The lowest BCUT2D eigenvalue weighted by atomic mass is 10.2. The van der Waals surface area contributed by atoms with Gasteiger partial charge in [-0.2, -0.15) is 0 Å². The molecule has 3 aromatic heterocycles. The lowest BCUT2D eigenvalue weighted by Gasteiger charge is -1.99. The first kappa shape index (κ1) is 17.2. The van der Waals surface area contributed by atoms with Crippen molar-refractivity contribution < 1.29 is 9.53 Å². The Labute approximate surface area is 161 Å². The molecule has 0 aliphatic rings. The molecule has 0 bridgehead atoms. The molecule has 0 unspecified atom stereocenters. The van der Waals surface area contributed by atoms with Crippen LogP contribution in [0.15, 0.2) is 35.1 Å². The second-order valence-corrected chi connectivity index (χ2v) is 8.07. The monoisotopic (exact) mass is 404 g/mol. The second-order valence-electron chi connectivity index (χ2n) is 5.60. The van der Waals surface area contributed by atoms with E-state index in [1.165, 1.54) is 27.1 Å². The molecular weight excluding hydrogens is 392 g/mol. The zero-order chi connectivity index (χ0) is 18.4. The molecule has 0 aliphatic heterocycles. The number of hydrogen-bond donors (Lipinski definition) is 0. The number of nitrogens with zero attached hydrogens (tertiary/aromatic N) is 2. The first-order valence-corrected chi connectivity index (χ1v) is 9.89. The molecule has 0 radical (unpaired) electrons. The molecule has 0 N–H and O–H groups in total. The minimum atomic E-state index is -0.426. The molecule has 0 atom stereocenters. The number of ether oxygens (including phenoxy) is 1. The van der Waals surface area contributed by atoms with Gasteiger partial charge in [-0.3, -0.25) is 9.20 Å². The molecule has 0 saturated heterocycles. The molecule has 0 aliphatic carbocycles. The van der Waals surface area contributed by atoms with E-state index in [0.29, 0.717) is 30.8 Å². The predicted octanol–water partition coefficient (Wildman–Crippen LogP) is 4.78. The van der Waals surface area contributed by atoms with E-state index in [2.05, 4.69) is 4.98 Å². The number of thiophene rings is 1.